The van der Waals surface area contributed by atoms with Crippen molar-refractivity contribution in [2.45, 2.75) is 52.9 Å². The molecule has 1 N–H and O–H groups in total. The Morgan fingerprint density at radius 2 is 1.94 bits per heavy atom. The molecule has 1 aliphatic heterocycles. The van der Waals surface area contributed by atoms with Crippen LogP contribution in [0.3, 0.4) is 0 Å². The molecule has 2 heterocycles. The molecule has 31 heavy (non-hydrogen) atoms. The van der Waals surface area contributed by atoms with Gasteiger partial charge in [-0.2, -0.15) is 0 Å². The molecular formula is C25H32N2O4. The van der Waals surface area contributed by atoms with Crippen molar-refractivity contribution in [2.75, 3.05) is 19.7 Å². The van der Waals surface area contributed by atoms with Crippen LogP contribution < -0.4 is 5.56 Å². The maximum Gasteiger partial charge on any atom is 0.313 e. The zero-order valence-corrected chi connectivity index (χ0v) is 18.7. The van der Waals surface area contributed by atoms with Gasteiger partial charge in [0.1, 0.15) is 5.56 Å². The highest BCUT2D eigenvalue weighted by molar-refractivity contribution is 5.94. The highest BCUT2D eigenvalue weighted by Gasteiger charge is 2.44. The van der Waals surface area contributed by atoms with Crippen molar-refractivity contribution >= 4 is 11.9 Å². The number of carbonyl (C=O) groups excluding carboxylic acids is 2. The van der Waals surface area contributed by atoms with Crippen molar-refractivity contribution in [1.82, 2.24) is 9.88 Å². The molecule has 1 aromatic carbocycles. The van der Waals surface area contributed by atoms with Gasteiger partial charge in [-0.3, -0.25) is 14.4 Å². The van der Waals surface area contributed by atoms with Gasteiger partial charge >= 0.3 is 5.97 Å². The Bertz CT molecular complexity index is 983. The van der Waals surface area contributed by atoms with Gasteiger partial charge < -0.3 is 14.6 Å². The summed E-state index contributed by atoms with van der Waals surface area (Å²) in [6.07, 6.45) is 3.74. The molecule has 1 amide bonds. The summed E-state index contributed by atoms with van der Waals surface area (Å²) in [5, 5.41) is 0. The van der Waals surface area contributed by atoms with Crippen LogP contribution >= 0.6 is 0 Å². The van der Waals surface area contributed by atoms with Gasteiger partial charge in [0.25, 0.3) is 11.5 Å². The van der Waals surface area contributed by atoms with E-state index in [4.69, 9.17) is 4.74 Å². The number of esters is 1. The lowest BCUT2D eigenvalue weighted by Gasteiger charge is -2.41. The fraction of sp³-hybridized carbons (Fsp3) is 0.480. The average molecular weight is 425 g/mol. The molecule has 1 fully saturated rings. The van der Waals surface area contributed by atoms with Crippen molar-refractivity contribution < 1.29 is 14.3 Å². The molecule has 0 bridgehead atoms. The smallest absolute Gasteiger partial charge is 0.313 e. The summed E-state index contributed by atoms with van der Waals surface area (Å²) in [7, 11) is 0. The van der Waals surface area contributed by atoms with Gasteiger partial charge in [-0.1, -0.05) is 30.3 Å². The molecule has 0 spiro atoms. The van der Waals surface area contributed by atoms with Gasteiger partial charge in [-0.25, -0.2) is 0 Å². The highest BCUT2D eigenvalue weighted by Crippen LogP contribution is 2.37. The van der Waals surface area contributed by atoms with E-state index >= 15 is 0 Å². The largest absolute Gasteiger partial charge is 0.466 e. The Labute approximate surface area is 183 Å². The minimum atomic E-state index is -0.731. The third kappa shape index (κ3) is 5.24. The quantitative estimate of drug-likeness (QED) is 0.686. The number of amides is 1. The minimum absolute atomic E-state index is 0.132. The molecule has 0 aliphatic carbocycles. The first-order valence-corrected chi connectivity index (χ1v) is 11.1. The van der Waals surface area contributed by atoms with Gasteiger partial charge in [0.15, 0.2) is 0 Å². The molecule has 1 saturated heterocycles. The summed E-state index contributed by atoms with van der Waals surface area (Å²) in [5.74, 6) is -0.560. The zero-order valence-electron chi connectivity index (χ0n) is 18.7. The number of aromatic amines is 1. The lowest BCUT2D eigenvalue weighted by atomic mass is 9.75. The Morgan fingerprint density at radius 3 is 2.65 bits per heavy atom. The number of hydrogen-bond acceptors (Lipinski definition) is 4. The minimum Gasteiger partial charge on any atom is -0.466 e. The molecule has 1 aliphatic rings. The van der Waals surface area contributed by atoms with Crippen LogP contribution in [0.25, 0.3) is 0 Å². The first-order valence-electron chi connectivity index (χ1n) is 11.1. The van der Waals surface area contributed by atoms with Crippen molar-refractivity contribution in [3.63, 3.8) is 0 Å². The van der Waals surface area contributed by atoms with E-state index in [9.17, 15) is 14.4 Å². The molecule has 1 aromatic heterocycles. The predicted octanol–water partition coefficient (Wildman–Crippen LogP) is 3.80. The topological polar surface area (TPSA) is 79.5 Å². The number of aryl methyl sites for hydroxylation is 3. The van der Waals surface area contributed by atoms with Crippen molar-refractivity contribution in [2.24, 2.45) is 5.41 Å². The monoisotopic (exact) mass is 424 g/mol. The van der Waals surface area contributed by atoms with Gasteiger partial charge in [-0.15, -0.1) is 0 Å². The fourth-order valence-corrected chi connectivity index (χ4v) is 4.39. The van der Waals surface area contributed by atoms with Crippen molar-refractivity contribution in [3.05, 3.63) is 69.1 Å². The summed E-state index contributed by atoms with van der Waals surface area (Å²) in [6, 6.07) is 11.8. The molecule has 6 nitrogen and oxygen atoms in total. The summed E-state index contributed by atoms with van der Waals surface area (Å²) in [4.78, 5) is 43.0. The van der Waals surface area contributed by atoms with E-state index in [1.807, 2.05) is 32.0 Å². The number of hydrogen-bond donors (Lipinski definition) is 1. The highest BCUT2D eigenvalue weighted by atomic mass is 16.5. The van der Waals surface area contributed by atoms with E-state index in [-0.39, 0.29) is 29.5 Å². The van der Waals surface area contributed by atoms with Gasteiger partial charge in [-0.05, 0) is 70.1 Å². The van der Waals surface area contributed by atoms with Crippen LogP contribution in [0.2, 0.25) is 0 Å². The number of nitrogens with zero attached hydrogens (tertiary/aromatic N) is 1. The van der Waals surface area contributed by atoms with E-state index in [1.165, 1.54) is 5.56 Å². The second-order valence-corrected chi connectivity index (χ2v) is 8.49. The Hall–Kier alpha value is -2.89. The lowest BCUT2D eigenvalue weighted by molar-refractivity contribution is -0.159. The Balaban J connectivity index is 1.79. The van der Waals surface area contributed by atoms with E-state index < -0.39 is 5.41 Å². The maximum atomic E-state index is 13.2. The van der Waals surface area contributed by atoms with Crippen LogP contribution in [0.15, 0.2) is 41.2 Å². The van der Waals surface area contributed by atoms with Crippen LogP contribution in [0.4, 0.5) is 0 Å². The van der Waals surface area contributed by atoms with Crippen LogP contribution in [0, 0.1) is 19.3 Å². The maximum absolute atomic E-state index is 13.2. The lowest BCUT2D eigenvalue weighted by Crippen LogP contribution is -2.51. The van der Waals surface area contributed by atoms with Gasteiger partial charge in [0.05, 0.1) is 12.0 Å². The third-order valence-corrected chi connectivity index (χ3v) is 6.26. The van der Waals surface area contributed by atoms with Crippen LogP contribution in [-0.2, 0) is 16.0 Å². The van der Waals surface area contributed by atoms with Gasteiger partial charge in [0, 0.05) is 18.8 Å². The predicted molar refractivity (Wildman–Crippen MR) is 120 cm³/mol. The number of piperidine rings is 1. The van der Waals surface area contributed by atoms with E-state index in [2.05, 4.69) is 17.1 Å². The van der Waals surface area contributed by atoms with Crippen molar-refractivity contribution in [3.8, 4) is 0 Å². The molecule has 1 atom stereocenters. The first-order chi connectivity index (χ1) is 14.9. The number of H-pyrrole nitrogens is 1. The number of aromatic nitrogens is 1. The summed E-state index contributed by atoms with van der Waals surface area (Å²) < 4.78 is 5.44. The van der Waals surface area contributed by atoms with E-state index in [0.717, 1.165) is 24.1 Å². The van der Waals surface area contributed by atoms with E-state index in [1.54, 1.807) is 17.9 Å². The molecule has 0 radical (unpaired) electrons. The number of rotatable bonds is 7. The summed E-state index contributed by atoms with van der Waals surface area (Å²) >= 11 is 0. The Morgan fingerprint density at radius 1 is 1.19 bits per heavy atom. The van der Waals surface area contributed by atoms with Gasteiger partial charge in [0.2, 0.25) is 0 Å². The standard InChI is InChI=1S/C25H32N2O4/c1-4-31-24(30)25(13-8-12-20-10-6-5-7-11-20)14-9-15-27(17-25)23(29)21-16-18(2)19(3)26-22(21)28/h5-7,10-11,16H,4,8-9,12-15,17H2,1-3H3,(H,26,28)/t25-/m1/s1. The summed E-state index contributed by atoms with van der Waals surface area (Å²) in [5.41, 5.74) is 1.86. The molecule has 166 valence electrons. The SMILES string of the molecule is CCOC(=O)[C@]1(CCCc2ccccc2)CCCN(C(=O)c2cc(C)c(C)[nH]c2=O)C1. The van der Waals surface area contributed by atoms with Crippen LogP contribution in [0.5, 0.6) is 0 Å². The molecule has 2 aromatic rings. The van der Waals surface area contributed by atoms with Crippen LogP contribution in [-0.4, -0.2) is 41.5 Å². The third-order valence-electron chi connectivity index (χ3n) is 6.26. The van der Waals surface area contributed by atoms with Crippen LogP contribution in [0.1, 0.15) is 59.8 Å². The molecule has 0 unspecified atom stereocenters. The number of benzene rings is 1. The van der Waals surface area contributed by atoms with Crippen molar-refractivity contribution in [1.29, 1.82) is 0 Å². The Kier molecular flexibility index (Phi) is 7.31. The number of pyridine rings is 1. The molecular weight excluding hydrogens is 392 g/mol. The number of carbonyl (C=O) groups is 2. The first kappa shape index (κ1) is 22.8. The molecule has 0 saturated carbocycles. The number of ether oxygens (including phenoxy) is 1. The normalized spacial score (nSPS) is 18.6. The number of likely N-dealkylation sites (tertiary alicyclic amines) is 1. The second kappa shape index (κ2) is 9.94. The zero-order chi connectivity index (χ0) is 22.4. The average Bonchev–Trinajstić information content (AvgIpc) is 2.77. The summed E-state index contributed by atoms with van der Waals surface area (Å²) in [6.45, 7) is 6.60. The molecule has 6 heteroatoms. The second-order valence-electron chi connectivity index (χ2n) is 8.49. The number of nitrogens with one attached hydrogen (secondary N) is 1. The van der Waals surface area contributed by atoms with E-state index in [0.29, 0.717) is 32.4 Å². The molecule has 3 rings (SSSR count). The fourth-order valence-electron chi connectivity index (χ4n) is 4.39.